The summed E-state index contributed by atoms with van der Waals surface area (Å²) in [5, 5.41) is 8.64. The van der Waals surface area contributed by atoms with Gasteiger partial charge in [-0.15, -0.1) is 13.2 Å². The van der Waals surface area contributed by atoms with Crippen LogP contribution in [-0.4, -0.2) is 11.1 Å². The Balaban J connectivity index is 4.26. The lowest BCUT2D eigenvalue weighted by Gasteiger charge is -2.11. The fourth-order valence-corrected chi connectivity index (χ4v) is 0.958. The number of hydrogen-bond acceptors (Lipinski definition) is 1. The van der Waals surface area contributed by atoms with E-state index in [1.807, 2.05) is 0 Å². The summed E-state index contributed by atoms with van der Waals surface area (Å²) in [5.41, 5.74) is 0.231. The summed E-state index contributed by atoms with van der Waals surface area (Å²) in [6, 6.07) is 0. The van der Waals surface area contributed by atoms with Crippen molar-refractivity contribution in [3.63, 3.8) is 0 Å². The molecule has 0 rings (SSSR count). The van der Waals surface area contributed by atoms with Crippen molar-refractivity contribution in [3.8, 4) is 0 Å². The summed E-state index contributed by atoms with van der Waals surface area (Å²) in [6.07, 6.45) is 4.67. The molecule has 1 N–H and O–H groups in total. The largest absolute Gasteiger partial charge is 0.478 e. The molecule has 0 amide bonds. The Morgan fingerprint density at radius 1 is 1.33 bits per heavy atom. The van der Waals surface area contributed by atoms with E-state index < -0.39 is 5.97 Å². The van der Waals surface area contributed by atoms with Crippen molar-refractivity contribution < 1.29 is 9.90 Å². The van der Waals surface area contributed by atoms with Gasteiger partial charge in [-0.2, -0.15) is 0 Å². The van der Waals surface area contributed by atoms with Crippen molar-refractivity contribution in [1.29, 1.82) is 0 Å². The average Bonchev–Trinajstić information content (AvgIpc) is 2.03. The molecular formula is C10H14O2. The van der Waals surface area contributed by atoms with Crippen molar-refractivity contribution >= 4 is 5.97 Å². The second kappa shape index (κ2) is 5.35. The molecule has 0 aliphatic heterocycles. The molecule has 2 heteroatoms. The number of carboxylic acids is 1. The molecule has 0 unspecified atom stereocenters. The van der Waals surface area contributed by atoms with Crippen molar-refractivity contribution in [1.82, 2.24) is 0 Å². The summed E-state index contributed by atoms with van der Waals surface area (Å²) in [6.45, 7) is 10.6. The Morgan fingerprint density at radius 3 is 2.00 bits per heavy atom. The van der Waals surface area contributed by atoms with Crippen LogP contribution in [0.25, 0.3) is 0 Å². The molecular weight excluding hydrogens is 152 g/mol. The maximum absolute atomic E-state index is 10.5. The normalized spacial score (nSPS) is 9.42. The van der Waals surface area contributed by atoms with E-state index in [0.717, 1.165) is 0 Å². The zero-order valence-corrected chi connectivity index (χ0v) is 7.12. The van der Waals surface area contributed by atoms with Crippen LogP contribution in [0.3, 0.4) is 0 Å². The minimum Gasteiger partial charge on any atom is -0.478 e. The van der Waals surface area contributed by atoms with Gasteiger partial charge in [0.15, 0.2) is 0 Å². The SMILES string of the molecule is C=CCC(CC=C)C(=C)C(=O)O. The van der Waals surface area contributed by atoms with Crippen LogP contribution in [0.15, 0.2) is 37.5 Å². The molecule has 0 fully saturated rings. The number of carboxylic acid groups (broad SMARTS) is 1. The molecule has 0 radical (unpaired) electrons. The first kappa shape index (κ1) is 10.7. The number of carbonyl (C=O) groups is 1. The number of allylic oxidation sites excluding steroid dienone is 2. The first-order chi connectivity index (χ1) is 5.63. The highest BCUT2D eigenvalue weighted by atomic mass is 16.4. The van der Waals surface area contributed by atoms with Crippen LogP contribution in [0.2, 0.25) is 0 Å². The van der Waals surface area contributed by atoms with Crippen molar-refractivity contribution in [2.75, 3.05) is 0 Å². The van der Waals surface area contributed by atoms with Crippen LogP contribution >= 0.6 is 0 Å². The van der Waals surface area contributed by atoms with Gasteiger partial charge in [0, 0.05) is 5.57 Å². The maximum atomic E-state index is 10.5. The molecule has 0 aliphatic rings. The van der Waals surface area contributed by atoms with Crippen LogP contribution in [0.1, 0.15) is 12.8 Å². The molecule has 0 aromatic heterocycles. The Kier molecular flexibility index (Phi) is 4.77. The fraction of sp³-hybridized carbons (Fsp3) is 0.300. The molecule has 12 heavy (non-hydrogen) atoms. The van der Waals surface area contributed by atoms with Crippen LogP contribution in [0.4, 0.5) is 0 Å². The fourth-order valence-electron chi connectivity index (χ4n) is 0.958. The lowest BCUT2D eigenvalue weighted by atomic mass is 9.93. The monoisotopic (exact) mass is 166 g/mol. The minimum atomic E-state index is -0.941. The third-order valence-electron chi connectivity index (χ3n) is 1.67. The summed E-state index contributed by atoms with van der Waals surface area (Å²) in [4.78, 5) is 10.5. The molecule has 0 saturated heterocycles. The van der Waals surface area contributed by atoms with Gasteiger partial charge < -0.3 is 5.11 Å². The maximum Gasteiger partial charge on any atom is 0.331 e. The first-order valence-corrected chi connectivity index (χ1v) is 3.77. The van der Waals surface area contributed by atoms with Crippen LogP contribution < -0.4 is 0 Å². The van der Waals surface area contributed by atoms with E-state index >= 15 is 0 Å². The molecule has 0 aliphatic carbocycles. The molecule has 0 saturated carbocycles. The molecule has 0 aromatic rings. The highest BCUT2D eigenvalue weighted by molar-refractivity contribution is 5.86. The molecule has 0 heterocycles. The van der Waals surface area contributed by atoms with Crippen molar-refractivity contribution in [3.05, 3.63) is 37.5 Å². The Morgan fingerprint density at radius 2 is 1.75 bits per heavy atom. The predicted molar refractivity (Wildman–Crippen MR) is 49.9 cm³/mol. The zero-order valence-electron chi connectivity index (χ0n) is 7.12. The summed E-state index contributed by atoms with van der Waals surface area (Å²) in [7, 11) is 0. The van der Waals surface area contributed by atoms with Gasteiger partial charge in [0.05, 0.1) is 0 Å². The number of aliphatic carboxylic acids is 1. The summed E-state index contributed by atoms with van der Waals surface area (Å²) >= 11 is 0. The van der Waals surface area contributed by atoms with Gasteiger partial charge in [-0.05, 0) is 18.8 Å². The van der Waals surface area contributed by atoms with Crippen molar-refractivity contribution in [2.24, 2.45) is 5.92 Å². The van der Waals surface area contributed by atoms with Gasteiger partial charge in [-0.3, -0.25) is 0 Å². The summed E-state index contributed by atoms with van der Waals surface area (Å²) in [5.74, 6) is -0.999. The van der Waals surface area contributed by atoms with E-state index in [9.17, 15) is 4.79 Å². The second-order valence-corrected chi connectivity index (χ2v) is 2.58. The Bertz CT molecular complexity index is 194. The molecule has 2 nitrogen and oxygen atoms in total. The van der Waals surface area contributed by atoms with Gasteiger partial charge in [-0.25, -0.2) is 4.79 Å². The molecule has 0 bridgehead atoms. The average molecular weight is 166 g/mol. The zero-order chi connectivity index (χ0) is 9.56. The van der Waals surface area contributed by atoms with Crippen molar-refractivity contribution in [2.45, 2.75) is 12.8 Å². The third-order valence-corrected chi connectivity index (χ3v) is 1.67. The van der Waals surface area contributed by atoms with Gasteiger partial charge in [-0.1, -0.05) is 18.7 Å². The topological polar surface area (TPSA) is 37.3 Å². The van der Waals surface area contributed by atoms with E-state index in [2.05, 4.69) is 19.7 Å². The molecule has 66 valence electrons. The lowest BCUT2D eigenvalue weighted by molar-refractivity contribution is -0.133. The van der Waals surface area contributed by atoms with E-state index in [4.69, 9.17) is 5.11 Å². The number of hydrogen-bond donors (Lipinski definition) is 1. The highest BCUT2D eigenvalue weighted by Gasteiger charge is 2.14. The Labute approximate surface area is 72.9 Å². The van der Waals surface area contributed by atoms with Gasteiger partial charge in [0.25, 0.3) is 0 Å². The van der Waals surface area contributed by atoms with Gasteiger partial charge in [0.2, 0.25) is 0 Å². The van der Waals surface area contributed by atoms with Gasteiger partial charge in [0.1, 0.15) is 0 Å². The number of rotatable bonds is 6. The second-order valence-electron chi connectivity index (χ2n) is 2.58. The standard InChI is InChI=1S/C10H14O2/c1-4-6-9(7-5-2)8(3)10(11)12/h4-5,9H,1-3,6-7H2,(H,11,12). The quantitative estimate of drug-likeness (QED) is 0.486. The van der Waals surface area contributed by atoms with E-state index in [-0.39, 0.29) is 11.5 Å². The van der Waals surface area contributed by atoms with E-state index in [0.29, 0.717) is 12.8 Å². The summed E-state index contributed by atoms with van der Waals surface area (Å²) < 4.78 is 0. The van der Waals surface area contributed by atoms with Crippen LogP contribution in [0.5, 0.6) is 0 Å². The molecule has 0 aromatic carbocycles. The first-order valence-electron chi connectivity index (χ1n) is 3.77. The molecule has 0 spiro atoms. The Hall–Kier alpha value is -1.31. The smallest absolute Gasteiger partial charge is 0.331 e. The van der Waals surface area contributed by atoms with E-state index in [1.54, 1.807) is 12.2 Å². The lowest BCUT2D eigenvalue weighted by Crippen LogP contribution is -2.10. The van der Waals surface area contributed by atoms with E-state index in [1.165, 1.54) is 0 Å². The van der Waals surface area contributed by atoms with Gasteiger partial charge >= 0.3 is 5.97 Å². The minimum absolute atomic E-state index is 0.0579. The van der Waals surface area contributed by atoms with Crippen LogP contribution in [-0.2, 0) is 4.79 Å². The predicted octanol–water partition coefficient (Wildman–Crippen LogP) is 2.40. The highest BCUT2D eigenvalue weighted by Crippen LogP contribution is 2.18. The van der Waals surface area contributed by atoms with Crippen LogP contribution in [0, 0.1) is 5.92 Å². The third kappa shape index (κ3) is 3.19. The molecule has 0 atom stereocenters.